The van der Waals surface area contributed by atoms with Gasteiger partial charge in [-0.1, -0.05) is 19.1 Å². The molecule has 1 aromatic heterocycles. The van der Waals surface area contributed by atoms with Crippen LogP contribution in [-0.2, 0) is 23.2 Å². The third kappa shape index (κ3) is 2.69. The monoisotopic (exact) mass is 314 g/mol. The summed E-state index contributed by atoms with van der Waals surface area (Å²) in [6.07, 6.45) is 0.858. The third-order valence-corrected chi connectivity index (χ3v) is 4.47. The summed E-state index contributed by atoms with van der Waals surface area (Å²) >= 11 is 0. The number of hydrogen-bond donors (Lipinski definition) is 0. The van der Waals surface area contributed by atoms with Gasteiger partial charge in [-0.3, -0.25) is 9.59 Å². The van der Waals surface area contributed by atoms with Gasteiger partial charge in [-0.05, 0) is 25.5 Å². The molecule has 0 unspecified atom stereocenters. The Morgan fingerprint density at radius 1 is 1.26 bits per heavy atom. The van der Waals surface area contributed by atoms with Gasteiger partial charge in [-0.15, -0.1) is 0 Å². The van der Waals surface area contributed by atoms with Crippen LogP contribution in [0.4, 0.5) is 0 Å². The molecule has 6 nitrogen and oxygen atoms in total. The summed E-state index contributed by atoms with van der Waals surface area (Å²) in [5.41, 5.74) is 1.93. The summed E-state index contributed by atoms with van der Waals surface area (Å²) in [6, 6.07) is 7.42. The molecule has 1 aliphatic rings. The van der Waals surface area contributed by atoms with E-state index in [0.717, 1.165) is 23.3 Å². The minimum atomic E-state index is -0.442. The molecule has 1 fully saturated rings. The van der Waals surface area contributed by atoms with Crippen molar-refractivity contribution in [3.63, 3.8) is 0 Å². The average Bonchev–Trinajstić information content (AvgIpc) is 2.86. The maximum absolute atomic E-state index is 12.5. The van der Waals surface area contributed by atoms with Crippen molar-refractivity contribution in [3.05, 3.63) is 30.1 Å². The van der Waals surface area contributed by atoms with Crippen LogP contribution >= 0.6 is 0 Å². The normalized spacial score (nSPS) is 19.0. The van der Waals surface area contributed by atoms with Gasteiger partial charge in [0.1, 0.15) is 11.9 Å². The van der Waals surface area contributed by atoms with Crippen LogP contribution in [0.5, 0.6) is 0 Å². The number of carbonyl (C=O) groups is 2. The smallest absolute Gasteiger partial charge is 0.245 e. The number of aromatic nitrogens is 2. The number of nitrogens with zero attached hydrogens (tertiary/aromatic N) is 4. The summed E-state index contributed by atoms with van der Waals surface area (Å²) in [7, 11) is 1.94. The van der Waals surface area contributed by atoms with Gasteiger partial charge in [0.2, 0.25) is 11.8 Å². The molecule has 1 aromatic carbocycles. The van der Waals surface area contributed by atoms with Crippen LogP contribution in [0.2, 0.25) is 0 Å². The van der Waals surface area contributed by atoms with Crippen molar-refractivity contribution in [1.82, 2.24) is 19.4 Å². The molecule has 0 aliphatic carbocycles. The zero-order valence-electron chi connectivity index (χ0n) is 13.8. The third-order valence-electron chi connectivity index (χ3n) is 4.47. The Hall–Kier alpha value is -2.37. The number of imidazole rings is 1. The SMILES string of the molecule is CCCN1CC(=O)N(Cc2nc3ccccc3n2C)[C@H](C)C1=O. The molecule has 3 rings (SSSR count). The number of fused-ring (bicyclic) bond motifs is 1. The van der Waals surface area contributed by atoms with Gasteiger partial charge in [0.15, 0.2) is 0 Å². The number of hydrogen-bond acceptors (Lipinski definition) is 3. The number of aryl methyl sites for hydroxylation is 1. The predicted octanol–water partition coefficient (Wildman–Crippen LogP) is 1.54. The predicted molar refractivity (Wildman–Crippen MR) is 87.6 cm³/mol. The Morgan fingerprint density at radius 2 is 2.00 bits per heavy atom. The number of amides is 2. The molecule has 1 atom stereocenters. The minimum Gasteiger partial charge on any atom is -0.332 e. The topological polar surface area (TPSA) is 58.4 Å². The molecule has 23 heavy (non-hydrogen) atoms. The van der Waals surface area contributed by atoms with E-state index in [4.69, 9.17) is 0 Å². The van der Waals surface area contributed by atoms with Gasteiger partial charge in [-0.25, -0.2) is 4.98 Å². The summed E-state index contributed by atoms with van der Waals surface area (Å²) in [5.74, 6) is 0.797. The molecule has 6 heteroatoms. The highest BCUT2D eigenvalue weighted by Crippen LogP contribution is 2.19. The van der Waals surface area contributed by atoms with Gasteiger partial charge >= 0.3 is 0 Å². The highest BCUT2D eigenvalue weighted by atomic mass is 16.2. The molecule has 1 aliphatic heterocycles. The first kappa shape index (κ1) is 15.5. The number of piperazine rings is 1. The molecular formula is C17H22N4O2. The summed E-state index contributed by atoms with van der Waals surface area (Å²) in [6.45, 7) is 4.96. The minimum absolute atomic E-state index is 0.0161. The Kier molecular flexibility index (Phi) is 4.07. The molecule has 0 saturated carbocycles. The van der Waals surface area contributed by atoms with E-state index in [2.05, 4.69) is 4.98 Å². The van der Waals surface area contributed by atoms with Crippen LogP contribution in [0.25, 0.3) is 11.0 Å². The van der Waals surface area contributed by atoms with Gasteiger partial charge in [0.05, 0.1) is 24.1 Å². The van der Waals surface area contributed by atoms with Gasteiger partial charge in [0, 0.05) is 13.6 Å². The lowest BCUT2D eigenvalue weighted by Crippen LogP contribution is -2.58. The summed E-state index contributed by atoms with van der Waals surface area (Å²) < 4.78 is 1.98. The largest absolute Gasteiger partial charge is 0.332 e. The molecule has 0 radical (unpaired) electrons. The Morgan fingerprint density at radius 3 is 2.70 bits per heavy atom. The molecule has 2 aromatic rings. The highest BCUT2D eigenvalue weighted by molar-refractivity contribution is 5.94. The van der Waals surface area contributed by atoms with Crippen molar-refractivity contribution >= 4 is 22.8 Å². The van der Waals surface area contributed by atoms with Crippen molar-refractivity contribution in [3.8, 4) is 0 Å². The van der Waals surface area contributed by atoms with E-state index in [0.29, 0.717) is 13.1 Å². The molecule has 2 heterocycles. The molecule has 0 spiro atoms. The van der Waals surface area contributed by atoms with E-state index in [9.17, 15) is 9.59 Å². The van der Waals surface area contributed by atoms with Crippen molar-refractivity contribution in [1.29, 1.82) is 0 Å². The number of rotatable bonds is 4. The Balaban J connectivity index is 1.85. The van der Waals surface area contributed by atoms with E-state index < -0.39 is 6.04 Å². The zero-order valence-corrected chi connectivity index (χ0v) is 13.8. The second-order valence-corrected chi connectivity index (χ2v) is 6.03. The molecular weight excluding hydrogens is 292 g/mol. The van der Waals surface area contributed by atoms with Crippen LogP contribution in [0.3, 0.4) is 0 Å². The lowest BCUT2D eigenvalue weighted by molar-refractivity contribution is -0.155. The van der Waals surface area contributed by atoms with E-state index >= 15 is 0 Å². The summed E-state index contributed by atoms with van der Waals surface area (Å²) in [4.78, 5) is 32.8. The van der Waals surface area contributed by atoms with Crippen molar-refractivity contribution < 1.29 is 9.59 Å². The quantitative estimate of drug-likeness (QED) is 0.860. The van der Waals surface area contributed by atoms with Crippen LogP contribution in [-0.4, -0.2) is 50.3 Å². The maximum Gasteiger partial charge on any atom is 0.245 e. The fraction of sp³-hybridized carbons (Fsp3) is 0.471. The first-order valence-electron chi connectivity index (χ1n) is 8.01. The van der Waals surface area contributed by atoms with Crippen LogP contribution in [0, 0.1) is 0 Å². The average molecular weight is 314 g/mol. The second kappa shape index (κ2) is 6.02. The van der Waals surface area contributed by atoms with E-state index in [1.54, 1.807) is 16.7 Å². The Bertz CT molecular complexity index is 752. The fourth-order valence-electron chi connectivity index (χ4n) is 3.12. The Labute approximate surface area is 135 Å². The van der Waals surface area contributed by atoms with Gasteiger partial charge in [0.25, 0.3) is 0 Å². The van der Waals surface area contributed by atoms with E-state index in [1.807, 2.05) is 42.8 Å². The first-order chi connectivity index (χ1) is 11.0. The fourth-order valence-corrected chi connectivity index (χ4v) is 3.12. The summed E-state index contributed by atoms with van der Waals surface area (Å²) in [5, 5.41) is 0. The second-order valence-electron chi connectivity index (χ2n) is 6.03. The highest BCUT2D eigenvalue weighted by Gasteiger charge is 2.36. The molecule has 122 valence electrons. The first-order valence-corrected chi connectivity index (χ1v) is 8.01. The number of carbonyl (C=O) groups excluding carboxylic acids is 2. The van der Waals surface area contributed by atoms with Gasteiger partial charge < -0.3 is 14.4 Å². The number of benzene rings is 1. The molecule has 0 bridgehead atoms. The van der Waals surface area contributed by atoms with E-state index in [-0.39, 0.29) is 18.4 Å². The van der Waals surface area contributed by atoms with Crippen LogP contribution < -0.4 is 0 Å². The van der Waals surface area contributed by atoms with Crippen molar-refractivity contribution in [2.45, 2.75) is 32.9 Å². The maximum atomic E-state index is 12.5. The lowest BCUT2D eigenvalue weighted by Gasteiger charge is -2.38. The molecule has 2 amide bonds. The zero-order chi connectivity index (χ0) is 16.6. The van der Waals surface area contributed by atoms with Crippen molar-refractivity contribution in [2.24, 2.45) is 7.05 Å². The lowest BCUT2D eigenvalue weighted by atomic mass is 10.1. The van der Waals surface area contributed by atoms with E-state index in [1.165, 1.54) is 0 Å². The van der Waals surface area contributed by atoms with Crippen LogP contribution in [0.15, 0.2) is 24.3 Å². The van der Waals surface area contributed by atoms with Crippen LogP contribution in [0.1, 0.15) is 26.1 Å². The standard InChI is InChI=1S/C17H22N4O2/c1-4-9-20-11-16(22)21(12(2)17(20)23)10-15-18-13-7-5-6-8-14(13)19(15)3/h5-8,12H,4,9-11H2,1-3H3/t12-/m1/s1. The molecule has 1 saturated heterocycles. The number of para-hydroxylation sites is 2. The van der Waals surface area contributed by atoms with Gasteiger partial charge in [-0.2, -0.15) is 0 Å². The molecule has 0 N–H and O–H groups in total. The van der Waals surface area contributed by atoms with Crippen molar-refractivity contribution in [2.75, 3.05) is 13.1 Å².